The van der Waals surface area contributed by atoms with E-state index in [1.54, 1.807) is 13.2 Å². The number of pyridine rings is 1. The van der Waals surface area contributed by atoms with Gasteiger partial charge < -0.3 is 24.1 Å². The molecule has 3 aromatic heterocycles. The lowest BCUT2D eigenvalue weighted by Gasteiger charge is -2.30. The molecule has 1 aromatic carbocycles. The van der Waals surface area contributed by atoms with Crippen LogP contribution in [0.3, 0.4) is 0 Å². The lowest BCUT2D eigenvalue weighted by Crippen LogP contribution is -2.36. The number of nitrogens with zero attached hydrogens (tertiary/aromatic N) is 4. The Bertz CT molecular complexity index is 1290. The summed E-state index contributed by atoms with van der Waals surface area (Å²) >= 11 is 0. The fourth-order valence-corrected chi connectivity index (χ4v) is 4.13. The smallest absolute Gasteiger partial charge is 0.237 e. The summed E-state index contributed by atoms with van der Waals surface area (Å²) in [5, 5.41) is 13.4. The number of benzene rings is 1. The lowest BCUT2D eigenvalue weighted by atomic mass is 10.1. The first-order valence-electron chi connectivity index (χ1n) is 10.5. The van der Waals surface area contributed by atoms with E-state index in [0.29, 0.717) is 47.1 Å². The van der Waals surface area contributed by atoms with Crippen LogP contribution >= 0.6 is 0 Å². The molecule has 0 saturated carbocycles. The monoisotopic (exact) mass is 437 g/mol. The van der Waals surface area contributed by atoms with Crippen LogP contribution in [0.1, 0.15) is 24.2 Å². The van der Waals surface area contributed by atoms with E-state index in [2.05, 4.69) is 20.4 Å². The normalized spacial score (nSPS) is 15.3. The van der Waals surface area contributed by atoms with Crippen LogP contribution < -0.4 is 15.0 Å². The zero-order chi connectivity index (χ0) is 22.2. The van der Waals surface area contributed by atoms with Crippen molar-refractivity contribution >= 4 is 33.4 Å². The molecule has 32 heavy (non-hydrogen) atoms. The Morgan fingerprint density at radius 1 is 1.19 bits per heavy atom. The number of nitrogens with one attached hydrogen (secondary N) is 1. The number of ether oxygens (including phenoxy) is 2. The third-order valence-corrected chi connectivity index (χ3v) is 5.81. The minimum Gasteiger partial charge on any atom is -0.480 e. The zero-order valence-electron chi connectivity index (χ0n) is 18.2. The first-order valence-corrected chi connectivity index (χ1v) is 10.5. The van der Waals surface area contributed by atoms with Crippen molar-refractivity contribution in [3.63, 3.8) is 0 Å². The first kappa shape index (κ1) is 20.4. The third kappa shape index (κ3) is 3.48. The molecule has 1 atom stereocenters. The maximum absolute atomic E-state index is 14.0. The highest BCUT2D eigenvalue weighted by molar-refractivity contribution is 5.94. The molecule has 0 amide bonds. The molecule has 4 aromatic rings. The Morgan fingerprint density at radius 3 is 2.78 bits per heavy atom. The minimum absolute atomic E-state index is 0.210. The molecule has 166 valence electrons. The van der Waals surface area contributed by atoms with Crippen LogP contribution in [-0.2, 0) is 4.74 Å². The van der Waals surface area contributed by atoms with Gasteiger partial charge in [-0.1, -0.05) is 12.1 Å². The van der Waals surface area contributed by atoms with Gasteiger partial charge in [-0.15, -0.1) is 5.10 Å². The number of hydrogen-bond donors (Lipinski definition) is 1. The van der Waals surface area contributed by atoms with Gasteiger partial charge in [-0.25, -0.2) is 9.37 Å². The topological polar surface area (TPSA) is 85.5 Å². The number of aryl methyl sites for hydroxylation is 1. The van der Waals surface area contributed by atoms with Crippen molar-refractivity contribution in [1.82, 2.24) is 15.2 Å². The summed E-state index contributed by atoms with van der Waals surface area (Å²) in [5.74, 6) is 0.762. The average Bonchev–Trinajstić information content (AvgIpc) is 3.21. The van der Waals surface area contributed by atoms with Crippen LogP contribution in [0.25, 0.3) is 21.9 Å². The van der Waals surface area contributed by atoms with E-state index in [9.17, 15) is 4.39 Å². The van der Waals surface area contributed by atoms with Crippen LogP contribution in [0.4, 0.5) is 15.9 Å². The second-order valence-corrected chi connectivity index (χ2v) is 7.82. The number of aromatic nitrogens is 3. The molecule has 8 nitrogen and oxygen atoms in total. The van der Waals surface area contributed by atoms with Gasteiger partial charge in [0.25, 0.3) is 0 Å². The summed E-state index contributed by atoms with van der Waals surface area (Å²) in [7, 11) is 1.62. The van der Waals surface area contributed by atoms with Gasteiger partial charge in [0.05, 0.1) is 37.4 Å². The average molecular weight is 437 g/mol. The SMILES string of the molecule is COc1nc2c(C)nnc(N[C@H](C)c3cccc4c(F)coc34)c2cc1N1CCOCC1. The summed E-state index contributed by atoms with van der Waals surface area (Å²) in [6.45, 7) is 6.66. The molecule has 1 fully saturated rings. The van der Waals surface area contributed by atoms with E-state index in [1.807, 2.05) is 32.0 Å². The van der Waals surface area contributed by atoms with Crippen LogP contribution in [0, 0.1) is 12.7 Å². The van der Waals surface area contributed by atoms with E-state index >= 15 is 0 Å². The highest BCUT2D eigenvalue weighted by Gasteiger charge is 2.22. The number of furan rings is 1. The lowest BCUT2D eigenvalue weighted by molar-refractivity contribution is 0.122. The highest BCUT2D eigenvalue weighted by Crippen LogP contribution is 2.35. The van der Waals surface area contributed by atoms with Gasteiger partial charge in [0.1, 0.15) is 23.1 Å². The molecule has 1 N–H and O–H groups in total. The largest absolute Gasteiger partial charge is 0.480 e. The number of methoxy groups -OCH3 is 1. The summed E-state index contributed by atoms with van der Waals surface area (Å²) in [5.41, 5.74) is 3.66. The standard InChI is InChI=1S/C23H24FN5O3/c1-13(15-5-4-6-16-18(24)12-32-21(15)16)25-22-17-11-19(29-7-9-31-10-8-29)23(30-3)26-20(17)14(2)27-28-22/h4-6,11-13H,7-10H2,1-3H3,(H,25,28)/t13-/m1/s1. The summed E-state index contributed by atoms with van der Waals surface area (Å²) in [4.78, 5) is 6.95. The fourth-order valence-electron chi connectivity index (χ4n) is 4.13. The number of hydrogen-bond acceptors (Lipinski definition) is 8. The molecule has 9 heteroatoms. The Hall–Kier alpha value is -3.46. The molecular weight excluding hydrogens is 413 g/mol. The molecular formula is C23H24FN5O3. The molecule has 1 aliphatic rings. The maximum atomic E-state index is 14.0. The van der Waals surface area contributed by atoms with Crippen molar-refractivity contribution in [2.45, 2.75) is 19.9 Å². The number of rotatable bonds is 5. The second-order valence-electron chi connectivity index (χ2n) is 7.82. The summed E-state index contributed by atoms with van der Waals surface area (Å²) in [6.07, 6.45) is 1.13. The van der Waals surface area contributed by atoms with E-state index < -0.39 is 0 Å². The predicted molar refractivity (Wildman–Crippen MR) is 120 cm³/mol. The van der Waals surface area contributed by atoms with Gasteiger partial charge >= 0.3 is 0 Å². The van der Waals surface area contributed by atoms with Gasteiger partial charge in [0.2, 0.25) is 5.88 Å². The fraction of sp³-hybridized carbons (Fsp3) is 0.348. The van der Waals surface area contributed by atoms with E-state index in [1.165, 1.54) is 0 Å². The zero-order valence-corrected chi connectivity index (χ0v) is 18.2. The quantitative estimate of drug-likeness (QED) is 0.496. The van der Waals surface area contributed by atoms with Crippen LogP contribution in [-0.4, -0.2) is 48.6 Å². The van der Waals surface area contributed by atoms with Crippen molar-refractivity contribution < 1.29 is 18.3 Å². The molecule has 1 aliphatic heterocycles. The van der Waals surface area contributed by atoms with Gasteiger partial charge in [0.15, 0.2) is 11.6 Å². The van der Waals surface area contributed by atoms with Gasteiger partial charge in [-0.3, -0.25) is 0 Å². The predicted octanol–water partition coefficient (Wildman–Crippen LogP) is 4.24. The van der Waals surface area contributed by atoms with E-state index in [0.717, 1.165) is 36.0 Å². The maximum Gasteiger partial charge on any atom is 0.237 e. The Kier molecular flexibility index (Phi) is 5.26. The van der Waals surface area contributed by atoms with Gasteiger partial charge in [0, 0.05) is 24.0 Å². The van der Waals surface area contributed by atoms with E-state index in [-0.39, 0.29) is 11.9 Å². The van der Waals surface area contributed by atoms with Crippen molar-refractivity contribution in [3.8, 4) is 5.88 Å². The van der Waals surface area contributed by atoms with E-state index in [4.69, 9.17) is 18.9 Å². The van der Waals surface area contributed by atoms with Crippen LogP contribution in [0.5, 0.6) is 5.88 Å². The molecule has 0 unspecified atom stereocenters. The van der Waals surface area contributed by atoms with Crippen LogP contribution in [0.2, 0.25) is 0 Å². The molecule has 0 radical (unpaired) electrons. The molecule has 5 rings (SSSR count). The molecule has 1 saturated heterocycles. The number of fused-ring (bicyclic) bond motifs is 2. The number of halogens is 1. The summed E-state index contributed by atoms with van der Waals surface area (Å²) in [6, 6.07) is 7.26. The van der Waals surface area contributed by atoms with Crippen molar-refractivity contribution in [2.75, 3.05) is 43.6 Å². The number of para-hydroxylation sites is 1. The summed E-state index contributed by atoms with van der Waals surface area (Å²) < 4.78 is 30.6. The number of morpholine rings is 1. The second kappa shape index (κ2) is 8.23. The molecule has 0 bridgehead atoms. The Morgan fingerprint density at radius 2 is 2.00 bits per heavy atom. The molecule has 4 heterocycles. The van der Waals surface area contributed by atoms with Gasteiger partial charge in [-0.2, -0.15) is 5.10 Å². The molecule has 0 aliphatic carbocycles. The van der Waals surface area contributed by atoms with Crippen molar-refractivity contribution in [3.05, 3.63) is 47.6 Å². The van der Waals surface area contributed by atoms with Gasteiger partial charge in [-0.05, 0) is 26.0 Å². The minimum atomic E-state index is -0.374. The highest BCUT2D eigenvalue weighted by atomic mass is 19.1. The van der Waals surface area contributed by atoms with Crippen molar-refractivity contribution in [2.24, 2.45) is 0 Å². The van der Waals surface area contributed by atoms with Crippen molar-refractivity contribution in [1.29, 1.82) is 0 Å². The third-order valence-electron chi connectivity index (χ3n) is 5.81. The Labute approximate surface area is 184 Å². The Balaban J connectivity index is 1.58. The van der Waals surface area contributed by atoms with Crippen LogP contribution in [0.15, 0.2) is 34.9 Å². The molecule has 0 spiro atoms. The number of anilines is 2. The first-order chi connectivity index (χ1) is 15.6.